The number of likely N-dealkylation sites (N-methyl/N-ethyl adjacent to an activating group) is 1. The van der Waals surface area contributed by atoms with E-state index in [0.29, 0.717) is 19.1 Å². The van der Waals surface area contributed by atoms with Crippen LogP contribution in [0.1, 0.15) is 32.1 Å². The summed E-state index contributed by atoms with van der Waals surface area (Å²) in [5.74, 6) is 0. The Morgan fingerprint density at radius 3 is 2.27 bits per heavy atom. The molecule has 1 N–H and O–H groups in total. The van der Waals surface area contributed by atoms with Crippen molar-refractivity contribution < 1.29 is 8.42 Å². The van der Waals surface area contributed by atoms with Crippen LogP contribution in [-0.2, 0) is 10.0 Å². The van der Waals surface area contributed by atoms with Gasteiger partial charge in [0.25, 0.3) is 0 Å². The molecule has 0 aromatic carbocycles. The van der Waals surface area contributed by atoms with Crippen molar-refractivity contribution >= 4 is 10.0 Å². The third-order valence-electron chi connectivity index (χ3n) is 3.59. The molecule has 5 heteroatoms. The van der Waals surface area contributed by atoms with Gasteiger partial charge < -0.3 is 5.32 Å². The van der Waals surface area contributed by atoms with Gasteiger partial charge in [-0.25, -0.2) is 8.42 Å². The molecule has 1 heterocycles. The molecule has 1 aliphatic heterocycles. The van der Waals surface area contributed by atoms with Crippen molar-refractivity contribution in [3.63, 3.8) is 0 Å². The summed E-state index contributed by atoms with van der Waals surface area (Å²) in [5, 5.41) is 3.01. The molecule has 15 heavy (non-hydrogen) atoms. The Balaban J connectivity index is 1.95. The second kappa shape index (κ2) is 4.39. The number of sulfonamides is 1. The minimum atomic E-state index is -2.97. The standard InChI is InChI=1S/C10H20N2O2S/c1-11-9-7-12(8-9)15(13,14)10-5-3-2-4-6-10/h9-11H,2-8H2,1H3. The Morgan fingerprint density at radius 1 is 1.13 bits per heavy atom. The fraction of sp³-hybridized carbons (Fsp3) is 1.00. The molecule has 0 bridgehead atoms. The van der Waals surface area contributed by atoms with Crippen LogP contribution in [0.5, 0.6) is 0 Å². The molecular weight excluding hydrogens is 212 g/mol. The maximum absolute atomic E-state index is 12.1. The summed E-state index contributed by atoms with van der Waals surface area (Å²) >= 11 is 0. The summed E-state index contributed by atoms with van der Waals surface area (Å²) in [6.45, 7) is 1.32. The number of rotatable bonds is 3. The molecule has 0 aromatic rings. The first kappa shape index (κ1) is 11.4. The van der Waals surface area contributed by atoms with E-state index in [9.17, 15) is 8.42 Å². The predicted octanol–water partition coefficient (Wildman–Crippen LogP) is 0.552. The van der Waals surface area contributed by atoms with Gasteiger partial charge in [0.2, 0.25) is 10.0 Å². The normalized spacial score (nSPS) is 26.5. The molecule has 2 fully saturated rings. The molecule has 0 unspecified atom stereocenters. The van der Waals surface area contributed by atoms with Crippen molar-refractivity contribution in [2.45, 2.75) is 43.4 Å². The van der Waals surface area contributed by atoms with Crippen molar-refractivity contribution in [1.82, 2.24) is 9.62 Å². The fourth-order valence-corrected chi connectivity index (χ4v) is 4.53. The van der Waals surface area contributed by atoms with Gasteiger partial charge >= 0.3 is 0 Å². The summed E-state index contributed by atoms with van der Waals surface area (Å²) in [7, 11) is -1.09. The Morgan fingerprint density at radius 2 is 1.73 bits per heavy atom. The van der Waals surface area contributed by atoms with Gasteiger partial charge in [0.1, 0.15) is 0 Å². The Labute approximate surface area is 92.1 Å². The molecule has 0 spiro atoms. The molecular formula is C10H20N2O2S. The van der Waals surface area contributed by atoms with Crippen molar-refractivity contribution in [1.29, 1.82) is 0 Å². The lowest BCUT2D eigenvalue weighted by Crippen LogP contribution is -2.60. The van der Waals surface area contributed by atoms with Gasteiger partial charge in [0.05, 0.1) is 5.25 Å². The van der Waals surface area contributed by atoms with E-state index in [1.807, 2.05) is 7.05 Å². The molecule has 1 aliphatic carbocycles. The van der Waals surface area contributed by atoms with Gasteiger partial charge in [-0.1, -0.05) is 19.3 Å². The predicted molar refractivity (Wildman–Crippen MR) is 60.2 cm³/mol. The highest BCUT2D eigenvalue weighted by Crippen LogP contribution is 2.28. The van der Waals surface area contributed by atoms with Gasteiger partial charge in [0.15, 0.2) is 0 Å². The van der Waals surface area contributed by atoms with Gasteiger partial charge in [-0.2, -0.15) is 4.31 Å². The summed E-state index contributed by atoms with van der Waals surface area (Å²) in [5.41, 5.74) is 0. The molecule has 2 aliphatic rings. The molecule has 0 radical (unpaired) electrons. The second-order valence-corrected chi connectivity index (χ2v) is 6.82. The highest BCUT2D eigenvalue weighted by Gasteiger charge is 2.39. The summed E-state index contributed by atoms with van der Waals surface area (Å²) in [6.07, 6.45) is 5.08. The summed E-state index contributed by atoms with van der Waals surface area (Å²) in [4.78, 5) is 0. The van der Waals surface area contributed by atoms with Crippen LogP contribution >= 0.6 is 0 Å². The van der Waals surface area contributed by atoms with Gasteiger partial charge in [-0.05, 0) is 19.9 Å². The van der Waals surface area contributed by atoms with Gasteiger partial charge in [0, 0.05) is 19.1 Å². The smallest absolute Gasteiger partial charge is 0.217 e. The first-order chi connectivity index (χ1) is 7.14. The van der Waals surface area contributed by atoms with Crippen LogP contribution in [0.25, 0.3) is 0 Å². The summed E-state index contributed by atoms with van der Waals surface area (Å²) < 4.78 is 25.9. The van der Waals surface area contributed by atoms with Crippen LogP contribution in [-0.4, -0.2) is 44.2 Å². The molecule has 0 atom stereocenters. The molecule has 4 nitrogen and oxygen atoms in total. The van der Waals surface area contributed by atoms with Gasteiger partial charge in [-0.15, -0.1) is 0 Å². The van der Waals surface area contributed by atoms with E-state index in [0.717, 1.165) is 25.7 Å². The third kappa shape index (κ3) is 2.19. The summed E-state index contributed by atoms with van der Waals surface area (Å²) in [6, 6.07) is 0.364. The van der Waals surface area contributed by atoms with E-state index in [2.05, 4.69) is 5.32 Å². The maximum Gasteiger partial charge on any atom is 0.217 e. The molecule has 0 amide bonds. The number of hydrogen-bond donors (Lipinski definition) is 1. The molecule has 0 aromatic heterocycles. The van der Waals surface area contributed by atoms with Gasteiger partial charge in [-0.3, -0.25) is 0 Å². The van der Waals surface area contributed by atoms with Crippen LogP contribution in [0.3, 0.4) is 0 Å². The fourth-order valence-electron chi connectivity index (χ4n) is 2.40. The van der Waals surface area contributed by atoms with E-state index in [1.54, 1.807) is 4.31 Å². The first-order valence-electron chi connectivity index (χ1n) is 5.81. The molecule has 2 rings (SSSR count). The molecule has 1 saturated heterocycles. The zero-order chi connectivity index (χ0) is 10.9. The van der Waals surface area contributed by atoms with Crippen LogP contribution in [0.4, 0.5) is 0 Å². The highest BCUT2D eigenvalue weighted by molar-refractivity contribution is 7.89. The van der Waals surface area contributed by atoms with E-state index in [-0.39, 0.29) is 5.25 Å². The highest BCUT2D eigenvalue weighted by atomic mass is 32.2. The lowest BCUT2D eigenvalue weighted by molar-refractivity contribution is 0.232. The van der Waals surface area contributed by atoms with Crippen molar-refractivity contribution in [3.8, 4) is 0 Å². The van der Waals surface area contributed by atoms with E-state index < -0.39 is 10.0 Å². The zero-order valence-corrected chi connectivity index (χ0v) is 10.1. The van der Waals surface area contributed by atoms with Crippen LogP contribution in [0.2, 0.25) is 0 Å². The monoisotopic (exact) mass is 232 g/mol. The minimum absolute atomic E-state index is 0.0935. The molecule has 1 saturated carbocycles. The van der Waals surface area contributed by atoms with E-state index in [4.69, 9.17) is 0 Å². The van der Waals surface area contributed by atoms with Crippen LogP contribution < -0.4 is 5.32 Å². The largest absolute Gasteiger partial charge is 0.314 e. The second-order valence-electron chi connectivity index (χ2n) is 4.61. The Hall–Kier alpha value is -0.130. The minimum Gasteiger partial charge on any atom is -0.314 e. The Bertz CT molecular complexity index is 303. The first-order valence-corrected chi connectivity index (χ1v) is 7.31. The van der Waals surface area contributed by atoms with Crippen LogP contribution in [0, 0.1) is 0 Å². The SMILES string of the molecule is CNC1CN(S(=O)(=O)C2CCCCC2)C1. The third-order valence-corrected chi connectivity index (χ3v) is 5.92. The number of nitrogens with one attached hydrogen (secondary N) is 1. The Kier molecular flexibility index (Phi) is 3.33. The lowest BCUT2D eigenvalue weighted by atomic mass is 10.0. The average Bonchev–Trinajstić information content (AvgIpc) is 2.17. The number of nitrogens with zero attached hydrogens (tertiary/aromatic N) is 1. The van der Waals surface area contributed by atoms with Crippen molar-refractivity contribution in [3.05, 3.63) is 0 Å². The topological polar surface area (TPSA) is 49.4 Å². The average molecular weight is 232 g/mol. The maximum atomic E-state index is 12.1. The lowest BCUT2D eigenvalue weighted by Gasteiger charge is -2.40. The van der Waals surface area contributed by atoms with E-state index in [1.165, 1.54) is 6.42 Å². The van der Waals surface area contributed by atoms with Crippen molar-refractivity contribution in [2.75, 3.05) is 20.1 Å². The van der Waals surface area contributed by atoms with E-state index >= 15 is 0 Å². The number of hydrogen-bond acceptors (Lipinski definition) is 3. The van der Waals surface area contributed by atoms with Crippen LogP contribution in [0.15, 0.2) is 0 Å². The van der Waals surface area contributed by atoms with Crippen molar-refractivity contribution in [2.24, 2.45) is 0 Å². The quantitative estimate of drug-likeness (QED) is 0.773. The zero-order valence-electron chi connectivity index (χ0n) is 9.28. The molecule has 88 valence electrons.